The van der Waals surface area contributed by atoms with E-state index >= 15 is 0 Å². The number of allylic oxidation sites excluding steroid dienone is 2. The van der Waals surface area contributed by atoms with Gasteiger partial charge in [0, 0.05) is 5.56 Å². The van der Waals surface area contributed by atoms with Gasteiger partial charge in [0.2, 0.25) is 0 Å². The van der Waals surface area contributed by atoms with Gasteiger partial charge in [0.25, 0.3) is 0 Å². The van der Waals surface area contributed by atoms with Crippen molar-refractivity contribution in [2.75, 3.05) is 0 Å². The Balaban J connectivity index is 1.86. The monoisotopic (exact) mass is 308 g/mol. The van der Waals surface area contributed by atoms with Gasteiger partial charge in [-0.2, -0.15) is 0 Å². The molecule has 0 fully saturated rings. The molecule has 0 bridgehead atoms. The summed E-state index contributed by atoms with van der Waals surface area (Å²) >= 11 is 0. The van der Waals surface area contributed by atoms with Crippen LogP contribution in [0, 0.1) is 23.5 Å². The number of hydrogen-bond acceptors (Lipinski definition) is 0. The summed E-state index contributed by atoms with van der Waals surface area (Å²) in [5, 5.41) is 0. The van der Waals surface area contributed by atoms with Crippen LogP contribution in [0.5, 0.6) is 0 Å². The second kappa shape index (κ2) is 6.79. The molecular formula is C21H18F2. The number of halogens is 2. The Hall–Kier alpha value is -2.40. The first-order valence-electron chi connectivity index (χ1n) is 7.92. The van der Waals surface area contributed by atoms with E-state index in [1.165, 1.54) is 17.7 Å². The first-order chi connectivity index (χ1) is 11.2. The lowest BCUT2D eigenvalue weighted by molar-refractivity contribution is 0.620. The summed E-state index contributed by atoms with van der Waals surface area (Å²) in [5.74, 6) is 5.18. The first kappa shape index (κ1) is 15.5. The van der Waals surface area contributed by atoms with Crippen molar-refractivity contribution in [2.24, 2.45) is 0 Å². The molecule has 0 saturated carbocycles. The van der Waals surface area contributed by atoms with Gasteiger partial charge in [-0.1, -0.05) is 36.8 Å². The Labute approximate surface area is 135 Å². The molecule has 3 rings (SSSR count). The predicted molar refractivity (Wildman–Crippen MR) is 89.2 cm³/mol. The number of rotatable bonds is 2. The first-order valence-corrected chi connectivity index (χ1v) is 7.92. The van der Waals surface area contributed by atoms with Gasteiger partial charge in [-0.15, -0.1) is 0 Å². The van der Waals surface area contributed by atoms with Crippen LogP contribution in [0.3, 0.4) is 0 Å². The minimum absolute atomic E-state index is 0.281. The molecule has 2 heteroatoms. The largest absolute Gasteiger partial charge is 0.207 e. The Morgan fingerprint density at radius 1 is 1.00 bits per heavy atom. The van der Waals surface area contributed by atoms with Crippen molar-refractivity contribution >= 4 is 0 Å². The second-order valence-electron chi connectivity index (χ2n) is 5.85. The lowest BCUT2D eigenvalue weighted by atomic mass is 9.88. The Bertz CT molecular complexity index is 802. The number of fused-ring (bicyclic) bond motifs is 1. The van der Waals surface area contributed by atoms with Gasteiger partial charge in [0.05, 0.1) is 5.56 Å². The van der Waals surface area contributed by atoms with E-state index in [0.29, 0.717) is 11.1 Å². The number of benzene rings is 2. The van der Waals surface area contributed by atoms with Gasteiger partial charge in [0.1, 0.15) is 11.6 Å². The third-order valence-corrected chi connectivity index (χ3v) is 4.07. The van der Waals surface area contributed by atoms with E-state index in [4.69, 9.17) is 0 Å². The average Bonchev–Trinajstić information content (AvgIpc) is 2.55. The highest BCUT2D eigenvalue weighted by Crippen LogP contribution is 2.26. The molecule has 0 N–H and O–H groups in total. The van der Waals surface area contributed by atoms with E-state index in [1.54, 1.807) is 18.2 Å². The highest BCUT2D eigenvalue weighted by molar-refractivity contribution is 5.48. The van der Waals surface area contributed by atoms with Crippen LogP contribution in [0.2, 0.25) is 0 Å². The molecule has 0 nitrogen and oxygen atoms in total. The summed E-state index contributed by atoms with van der Waals surface area (Å²) in [4.78, 5) is 0. The quantitative estimate of drug-likeness (QED) is 0.529. The van der Waals surface area contributed by atoms with Gasteiger partial charge in [-0.25, -0.2) is 8.78 Å². The molecular weight excluding hydrogens is 290 g/mol. The molecule has 1 aliphatic carbocycles. The van der Waals surface area contributed by atoms with Gasteiger partial charge >= 0.3 is 0 Å². The van der Waals surface area contributed by atoms with Crippen molar-refractivity contribution in [1.29, 1.82) is 0 Å². The zero-order valence-electron chi connectivity index (χ0n) is 13.1. The maximum absolute atomic E-state index is 14.3. The predicted octanol–water partition coefficient (Wildman–Crippen LogP) is 5.19. The minimum Gasteiger partial charge on any atom is -0.207 e. The van der Waals surface area contributed by atoms with Crippen molar-refractivity contribution in [1.82, 2.24) is 0 Å². The van der Waals surface area contributed by atoms with Crippen LogP contribution >= 0.6 is 0 Å². The summed E-state index contributed by atoms with van der Waals surface area (Å²) in [6.07, 6.45) is 6.13. The molecule has 0 amide bonds. The van der Waals surface area contributed by atoms with Crippen LogP contribution in [0.25, 0.3) is 0 Å². The lowest BCUT2D eigenvalue weighted by Gasteiger charge is -2.17. The van der Waals surface area contributed by atoms with Crippen molar-refractivity contribution in [3.05, 3.63) is 81.9 Å². The van der Waals surface area contributed by atoms with Crippen LogP contribution in [-0.4, -0.2) is 0 Å². The smallest absolute Gasteiger partial charge is 0.139 e. The van der Waals surface area contributed by atoms with Crippen LogP contribution in [0.4, 0.5) is 8.78 Å². The van der Waals surface area contributed by atoms with Crippen molar-refractivity contribution in [3.63, 3.8) is 0 Å². The van der Waals surface area contributed by atoms with E-state index in [1.807, 2.05) is 6.07 Å². The van der Waals surface area contributed by atoms with Gasteiger partial charge in [-0.05, 0) is 66.8 Å². The summed E-state index contributed by atoms with van der Waals surface area (Å²) < 4.78 is 27.2. The molecule has 116 valence electrons. The standard InChI is InChI=1S/C21H18F2/c1-2-3-16-5-8-17-13-18(21(23)14-19(17)12-16)9-4-15-6-10-20(22)11-7-15/h5-7,10-11,13-14H,2-3,8,12H2,1H3. The maximum Gasteiger partial charge on any atom is 0.139 e. The zero-order valence-corrected chi connectivity index (χ0v) is 13.1. The van der Waals surface area contributed by atoms with Crippen molar-refractivity contribution in [2.45, 2.75) is 32.6 Å². The molecule has 0 aliphatic heterocycles. The van der Waals surface area contributed by atoms with Gasteiger partial charge in [-0.3, -0.25) is 0 Å². The van der Waals surface area contributed by atoms with E-state index < -0.39 is 0 Å². The van der Waals surface area contributed by atoms with Crippen LogP contribution in [0.1, 0.15) is 42.0 Å². The molecule has 0 unspecified atom stereocenters. The molecule has 2 aromatic carbocycles. The molecule has 2 aromatic rings. The molecule has 0 radical (unpaired) electrons. The molecule has 0 aromatic heterocycles. The molecule has 0 atom stereocenters. The van der Waals surface area contributed by atoms with Crippen LogP contribution in [0.15, 0.2) is 48.0 Å². The topological polar surface area (TPSA) is 0 Å². The SMILES string of the molecule is CCCC1=CCc2cc(C#Cc3ccc(F)cc3)c(F)cc2C1. The molecule has 0 saturated heterocycles. The van der Waals surface area contributed by atoms with Crippen molar-refractivity contribution < 1.29 is 8.78 Å². The Morgan fingerprint density at radius 3 is 2.52 bits per heavy atom. The normalized spacial score (nSPS) is 12.9. The maximum atomic E-state index is 14.3. The highest BCUT2D eigenvalue weighted by Gasteiger charge is 2.13. The fraction of sp³-hybridized carbons (Fsp3) is 0.238. The summed E-state index contributed by atoms with van der Waals surface area (Å²) in [6.45, 7) is 2.16. The van der Waals surface area contributed by atoms with Crippen molar-refractivity contribution in [3.8, 4) is 11.8 Å². The molecule has 0 spiro atoms. The summed E-state index contributed by atoms with van der Waals surface area (Å²) in [5.41, 5.74) is 4.69. The van der Waals surface area contributed by atoms with Gasteiger partial charge < -0.3 is 0 Å². The average molecular weight is 308 g/mol. The fourth-order valence-corrected chi connectivity index (χ4v) is 2.87. The number of hydrogen-bond donors (Lipinski definition) is 0. The summed E-state index contributed by atoms with van der Waals surface area (Å²) in [6, 6.07) is 9.37. The molecule has 1 aliphatic rings. The minimum atomic E-state index is -0.301. The molecule has 0 heterocycles. The highest BCUT2D eigenvalue weighted by atomic mass is 19.1. The van der Waals surface area contributed by atoms with Crippen LogP contribution < -0.4 is 0 Å². The van der Waals surface area contributed by atoms with Crippen LogP contribution in [-0.2, 0) is 12.8 Å². The lowest BCUT2D eigenvalue weighted by Crippen LogP contribution is -2.05. The Morgan fingerprint density at radius 2 is 1.78 bits per heavy atom. The Kier molecular flexibility index (Phi) is 4.57. The van der Waals surface area contributed by atoms with E-state index in [9.17, 15) is 8.78 Å². The van der Waals surface area contributed by atoms with E-state index in [2.05, 4.69) is 24.8 Å². The third-order valence-electron chi connectivity index (χ3n) is 4.07. The van der Waals surface area contributed by atoms with Gasteiger partial charge in [0.15, 0.2) is 0 Å². The fourth-order valence-electron chi connectivity index (χ4n) is 2.87. The zero-order chi connectivity index (χ0) is 16.2. The van der Waals surface area contributed by atoms with E-state index in [0.717, 1.165) is 36.8 Å². The van der Waals surface area contributed by atoms with E-state index in [-0.39, 0.29) is 11.6 Å². The third kappa shape index (κ3) is 3.68. The summed E-state index contributed by atoms with van der Waals surface area (Å²) in [7, 11) is 0. The molecule has 23 heavy (non-hydrogen) atoms. The second-order valence-corrected chi connectivity index (χ2v) is 5.85.